The van der Waals surface area contributed by atoms with E-state index >= 15 is 0 Å². The van der Waals surface area contributed by atoms with Crippen molar-refractivity contribution in [3.63, 3.8) is 0 Å². The number of piperidine rings is 1. The number of hydrogen-bond donors (Lipinski definition) is 1. The van der Waals surface area contributed by atoms with Crippen LogP contribution in [0, 0.1) is 11.8 Å². The smallest absolute Gasteiger partial charge is 0.176 e. The first kappa shape index (κ1) is 16.8. The Labute approximate surface area is 145 Å². The minimum Gasteiger partial charge on any atom is -0.369 e. The topological polar surface area (TPSA) is 23.5 Å². The van der Waals surface area contributed by atoms with E-state index in [9.17, 15) is 5.11 Å². The zero-order valence-electron chi connectivity index (χ0n) is 14.5. The summed E-state index contributed by atoms with van der Waals surface area (Å²) in [6.45, 7) is 3.23. The Balaban J connectivity index is 2.06. The number of likely N-dealkylation sites (tertiary alicyclic amines) is 1. The number of rotatable bonds is 2. The first-order valence-electron chi connectivity index (χ1n) is 8.64. The molecule has 0 aromatic heterocycles. The highest BCUT2D eigenvalue weighted by Crippen LogP contribution is 2.31. The molecule has 2 aromatic carbocycles. The summed E-state index contributed by atoms with van der Waals surface area (Å²) in [7, 11) is 2.12. The average Bonchev–Trinajstić information content (AvgIpc) is 2.64. The van der Waals surface area contributed by atoms with Crippen molar-refractivity contribution < 1.29 is 5.11 Å². The van der Waals surface area contributed by atoms with Gasteiger partial charge in [-0.1, -0.05) is 72.5 Å². The van der Waals surface area contributed by atoms with Crippen LogP contribution in [0.1, 0.15) is 37.3 Å². The van der Waals surface area contributed by atoms with Crippen LogP contribution in [-0.4, -0.2) is 29.1 Å². The molecule has 0 radical (unpaired) electrons. The van der Waals surface area contributed by atoms with Gasteiger partial charge in [0.25, 0.3) is 0 Å². The fourth-order valence-corrected chi connectivity index (χ4v) is 3.31. The van der Waals surface area contributed by atoms with E-state index in [0.717, 1.165) is 24.1 Å². The lowest BCUT2D eigenvalue weighted by atomic mass is 9.84. The Morgan fingerprint density at radius 3 is 2.00 bits per heavy atom. The average molecular weight is 319 g/mol. The van der Waals surface area contributed by atoms with Crippen LogP contribution in [0.3, 0.4) is 0 Å². The zero-order chi connectivity index (χ0) is 17.0. The highest BCUT2D eigenvalue weighted by molar-refractivity contribution is 5.45. The van der Waals surface area contributed by atoms with Crippen molar-refractivity contribution in [1.82, 2.24) is 4.90 Å². The predicted molar refractivity (Wildman–Crippen MR) is 98.5 cm³/mol. The lowest BCUT2D eigenvalue weighted by Crippen LogP contribution is -2.46. The van der Waals surface area contributed by atoms with Crippen LogP contribution >= 0.6 is 0 Å². The van der Waals surface area contributed by atoms with Gasteiger partial charge in [0.1, 0.15) is 0 Å². The van der Waals surface area contributed by atoms with Gasteiger partial charge in [0.15, 0.2) is 5.60 Å². The van der Waals surface area contributed by atoms with E-state index in [1.807, 2.05) is 60.7 Å². The summed E-state index contributed by atoms with van der Waals surface area (Å²) < 4.78 is 0. The van der Waals surface area contributed by atoms with Crippen LogP contribution in [0.5, 0.6) is 0 Å². The van der Waals surface area contributed by atoms with Gasteiger partial charge in [0.05, 0.1) is 5.54 Å². The van der Waals surface area contributed by atoms with E-state index in [4.69, 9.17) is 0 Å². The Hall–Kier alpha value is -2.08. The van der Waals surface area contributed by atoms with E-state index in [1.165, 1.54) is 12.8 Å². The summed E-state index contributed by atoms with van der Waals surface area (Å²) in [5.74, 6) is 6.64. The van der Waals surface area contributed by atoms with Gasteiger partial charge in [-0.2, -0.15) is 0 Å². The monoisotopic (exact) mass is 319 g/mol. The van der Waals surface area contributed by atoms with Gasteiger partial charge in [-0.15, -0.1) is 0 Å². The maximum Gasteiger partial charge on any atom is 0.176 e. The molecular weight excluding hydrogens is 294 g/mol. The molecule has 0 saturated carbocycles. The molecule has 0 spiro atoms. The lowest BCUT2D eigenvalue weighted by Gasteiger charge is -2.39. The molecule has 2 aromatic rings. The Morgan fingerprint density at radius 2 is 1.50 bits per heavy atom. The second-order valence-electron chi connectivity index (χ2n) is 6.84. The molecule has 1 N–H and O–H groups in total. The molecule has 3 rings (SSSR count). The quantitative estimate of drug-likeness (QED) is 0.851. The summed E-state index contributed by atoms with van der Waals surface area (Å²) in [6.07, 6.45) is 3.44. The Kier molecular flexibility index (Phi) is 4.76. The van der Waals surface area contributed by atoms with Crippen molar-refractivity contribution >= 4 is 0 Å². The van der Waals surface area contributed by atoms with Crippen molar-refractivity contribution in [3.05, 3.63) is 71.8 Å². The van der Waals surface area contributed by atoms with Gasteiger partial charge in [-0.3, -0.25) is 4.90 Å². The highest BCUT2D eigenvalue weighted by Gasteiger charge is 2.33. The molecular formula is C22H25NO. The second-order valence-corrected chi connectivity index (χ2v) is 6.84. The lowest BCUT2D eigenvalue weighted by molar-refractivity contribution is 0.133. The van der Waals surface area contributed by atoms with Gasteiger partial charge in [-0.05, 0) is 39.8 Å². The molecule has 1 aliphatic heterocycles. The third-order valence-corrected chi connectivity index (χ3v) is 5.15. The van der Waals surface area contributed by atoms with E-state index < -0.39 is 5.60 Å². The second kappa shape index (κ2) is 6.81. The molecule has 1 heterocycles. The fourth-order valence-electron chi connectivity index (χ4n) is 3.31. The third kappa shape index (κ3) is 3.24. The summed E-state index contributed by atoms with van der Waals surface area (Å²) >= 11 is 0. The summed E-state index contributed by atoms with van der Waals surface area (Å²) in [5.41, 5.74) is 0.149. The Bertz CT molecular complexity index is 689. The number of hydrogen-bond acceptors (Lipinski definition) is 2. The van der Waals surface area contributed by atoms with Gasteiger partial charge < -0.3 is 5.11 Å². The van der Waals surface area contributed by atoms with Crippen molar-refractivity contribution in [2.75, 3.05) is 13.6 Å². The van der Waals surface area contributed by atoms with Crippen molar-refractivity contribution in [2.24, 2.45) is 0 Å². The van der Waals surface area contributed by atoms with Crippen molar-refractivity contribution in [3.8, 4) is 11.8 Å². The Morgan fingerprint density at radius 1 is 0.958 bits per heavy atom. The van der Waals surface area contributed by atoms with E-state index in [-0.39, 0.29) is 5.54 Å². The summed E-state index contributed by atoms with van der Waals surface area (Å²) in [5, 5.41) is 11.5. The van der Waals surface area contributed by atoms with E-state index in [0.29, 0.717) is 0 Å². The molecule has 0 amide bonds. The first-order chi connectivity index (χ1) is 11.5. The van der Waals surface area contributed by atoms with Crippen LogP contribution in [-0.2, 0) is 5.60 Å². The molecule has 2 heteroatoms. The molecule has 1 fully saturated rings. The zero-order valence-corrected chi connectivity index (χ0v) is 14.5. The third-order valence-electron chi connectivity index (χ3n) is 5.15. The maximum atomic E-state index is 11.5. The van der Waals surface area contributed by atoms with Gasteiger partial charge in [0, 0.05) is 11.1 Å². The van der Waals surface area contributed by atoms with Crippen molar-refractivity contribution in [1.29, 1.82) is 0 Å². The number of nitrogens with zero attached hydrogens (tertiary/aromatic N) is 1. The fraction of sp³-hybridized carbons (Fsp3) is 0.364. The molecule has 1 atom stereocenters. The van der Waals surface area contributed by atoms with Crippen LogP contribution in [0.25, 0.3) is 0 Å². The number of benzene rings is 2. The van der Waals surface area contributed by atoms with Gasteiger partial charge in [-0.25, -0.2) is 0 Å². The van der Waals surface area contributed by atoms with Crippen LogP contribution in [0.2, 0.25) is 0 Å². The molecule has 2 nitrogen and oxygen atoms in total. The molecule has 1 saturated heterocycles. The van der Waals surface area contributed by atoms with Crippen LogP contribution in [0.4, 0.5) is 0 Å². The largest absolute Gasteiger partial charge is 0.369 e. The van der Waals surface area contributed by atoms with E-state index in [2.05, 4.69) is 30.7 Å². The van der Waals surface area contributed by atoms with Gasteiger partial charge >= 0.3 is 0 Å². The van der Waals surface area contributed by atoms with Gasteiger partial charge in [0.2, 0.25) is 0 Å². The molecule has 1 aliphatic rings. The molecule has 24 heavy (non-hydrogen) atoms. The molecule has 124 valence electrons. The number of aliphatic hydroxyl groups is 1. The molecule has 1 unspecified atom stereocenters. The minimum absolute atomic E-state index is 0.185. The maximum absolute atomic E-state index is 11.5. The van der Waals surface area contributed by atoms with E-state index in [1.54, 1.807) is 0 Å². The molecule has 0 bridgehead atoms. The standard InChI is InChI=1S/C22H25NO/c1-21(15-9-10-18-23(21)2)16-17-22(24,19-11-5-3-6-12-19)20-13-7-4-8-14-20/h3-8,11-14,24H,9-10,15,18H2,1-2H3. The first-order valence-corrected chi connectivity index (χ1v) is 8.64. The minimum atomic E-state index is -1.29. The summed E-state index contributed by atoms with van der Waals surface area (Å²) in [6, 6.07) is 19.4. The molecule has 0 aliphatic carbocycles. The van der Waals surface area contributed by atoms with Crippen LogP contribution < -0.4 is 0 Å². The van der Waals surface area contributed by atoms with Crippen LogP contribution in [0.15, 0.2) is 60.7 Å². The van der Waals surface area contributed by atoms with Crippen molar-refractivity contribution in [2.45, 2.75) is 37.3 Å². The normalized spacial score (nSPS) is 21.8. The predicted octanol–water partition coefficient (Wildman–Crippen LogP) is 3.80. The highest BCUT2D eigenvalue weighted by atomic mass is 16.3. The summed E-state index contributed by atoms with van der Waals surface area (Å²) in [4.78, 5) is 2.31. The SMILES string of the molecule is CN1CCCCC1(C)C#CC(O)(c1ccccc1)c1ccccc1.